The number of halogens is 2. The third-order valence-electron chi connectivity index (χ3n) is 4.19. The van der Waals surface area contributed by atoms with Crippen LogP contribution in [0.25, 0.3) is 0 Å². The molecule has 0 unspecified atom stereocenters. The molecule has 1 atom stereocenters. The van der Waals surface area contributed by atoms with Crippen LogP contribution in [0.5, 0.6) is 0 Å². The molecular formula is C16H21Cl2NO3S. The monoisotopic (exact) mass is 377 g/mol. The minimum Gasteiger partial charge on any atom is -0.462 e. The highest BCUT2D eigenvalue weighted by Crippen LogP contribution is 2.64. The third-order valence-corrected chi connectivity index (χ3v) is 6.35. The number of esters is 1. The highest BCUT2D eigenvalue weighted by molar-refractivity contribution is 7.16. The van der Waals surface area contributed by atoms with Crippen molar-refractivity contribution in [1.82, 2.24) is 0 Å². The first-order chi connectivity index (χ1) is 10.7. The van der Waals surface area contributed by atoms with Crippen molar-refractivity contribution in [1.29, 1.82) is 0 Å². The second-order valence-electron chi connectivity index (χ2n) is 6.00. The van der Waals surface area contributed by atoms with E-state index in [9.17, 15) is 9.59 Å². The van der Waals surface area contributed by atoms with Crippen LogP contribution in [0.15, 0.2) is 0 Å². The first kappa shape index (κ1) is 18.6. The number of rotatable bonds is 6. The van der Waals surface area contributed by atoms with Gasteiger partial charge in [0, 0.05) is 4.88 Å². The average molecular weight is 378 g/mol. The summed E-state index contributed by atoms with van der Waals surface area (Å²) >= 11 is 13.5. The molecular weight excluding hydrogens is 357 g/mol. The molecule has 1 aliphatic carbocycles. The van der Waals surface area contributed by atoms with Gasteiger partial charge in [0.15, 0.2) is 0 Å². The van der Waals surface area contributed by atoms with Gasteiger partial charge in [-0.2, -0.15) is 0 Å². The van der Waals surface area contributed by atoms with E-state index in [1.807, 2.05) is 20.8 Å². The highest BCUT2D eigenvalue weighted by Gasteiger charge is 2.68. The molecule has 2 rings (SSSR count). The Labute approximate surface area is 150 Å². The van der Waals surface area contributed by atoms with Gasteiger partial charge in [-0.1, -0.05) is 13.8 Å². The molecule has 1 N–H and O–H groups in total. The summed E-state index contributed by atoms with van der Waals surface area (Å²) in [6.45, 7) is 7.92. The highest BCUT2D eigenvalue weighted by atomic mass is 35.5. The predicted molar refractivity (Wildman–Crippen MR) is 94.8 cm³/mol. The minimum atomic E-state index is -1.04. The van der Waals surface area contributed by atoms with Gasteiger partial charge in [0.1, 0.15) is 9.33 Å². The Bertz CT molecular complexity index is 642. The van der Waals surface area contributed by atoms with E-state index in [1.54, 1.807) is 6.92 Å². The van der Waals surface area contributed by atoms with Crippen molar-refractivity contribution in [3.63, 3.8) is 0 Å². The molecule has 1 fully saturated rings. The van der Waals surface area contributed by atoms with Crippen LogP contribution < -0.4 is 5.32 Å². The Morgan fingerprint density at radius 1 is 1.35 bits per heavy atom. The number of aryl methyl sites for hydroxylation is 1. The van der Waals surface area contributed by atoms with Crippen LogP contribution in [0.2, 0.25) is 0 Å². The summed E-state index contributed by atoms with van der Waals surface area (Å²) in [5.41, 5.74) is 0.538. The fourth-order valence-electron chi connectivity index (χ4n) is 2.46. The van der Waals surface area contributed by atoms with Gasteiger partial charge in [0.2, 0.25) is 5.91 Å². The zero-order valence-corrected chi connectivity index (χ0v) is 16.0. The second-order valence-corrected chi connectivity index (χ2v) is 8.71. The smallest absolute Gasteiger partial charge is 0.341 e. The van der Waals surface area contributed by atoms with Crippen molar-refractivity contribution in [2.45, 2.75) is 51.3 Å². The van der Waals surface area contributed by atoms with Crippen LogP contribution in [-0.4, -0.2) is 22.8 Å². The van der Waals surface area contributed by atoms with Crippen LogP contribution in [0, 0.1) is 12.3 Å². The largest absolute Gasteiger partial charge is 0.462 e. The van der Waals surface area contributed by atoms with Gasteiger partial charge >= 0.3 is 5.97 Å². The van der Waals surface area contributed by atoms with E-state index in [-0.39, 0.29) is 5.91 Å². The molecule has 0 aliphatic heterocycles. The predicted octanol–water partition coefficient (Wildman–Crippen LogP) is 4.71. The van der Waals surface area contributed by atoms with E-state index in [1.165, 1.54) is 11.3 Å². The summed E-state index contributed by atoms with van der Waals surface area (Å²) in [4.78, 5) is 25.9. The van der Waals surface area contributed by atoms with Crippen molar-refractivity contribution in [2.24, 2.45) is 5.41 Å². The molecule has 0 spiro atoms. The Morgan fingerprint density at radius 3 is 2.43 bits per heavy atom. The molecule has 7 heteroatoms. The number of thiophene rings is 1. The van der Waals surface area contributed by atoms with E-state index < -0.39 is 15.7 Å². The Balaban J connectivity index is 2.28. The van der Waals surface area contributed by atoms with Gasteiger partial charge in [0.05, 0.1) is 17.6 Å². The number of anilines is 1. The van der Waals surface area contributed by atoms with Crippen molar-refractivity contribution in [3.05, 3.63) is 16.0 Å². The summed E-state index contributed by atoms with van der Waals surface area (Å²) in [6.07, 6.45) is 1.84. The molecule has 0 saturated heterocycles. The maximum Gasteiger partial charge on any atom is 0.341 e. The van der Waals surface area contributed by atoms with E-state index in [0.717, 1.165) is 16.9 Å². The lowest BCUT2D eigenvalue weighted by Gasteiger charge is -2.13. The number of carbonyl (C=O) groups is 2. The van der Waals surface area contributed by atoms with E-state index >= 15 is 0 Å². The van der Waals surface area contributed by atoms with Gasteiger partial charge in [-0.25, -0.2) is 4.79 Å². The molecule has 1 heterocycles. The summed E-state index contributed by atoms with van der Waals surface area (Å²) < 4.78 is 4.22. The number of ether oxygens (including phenoxy) is 1. The molecule has 1 saturated carbocycles. The molecule has 0 aromatic carbocycles. The summed E-state index contributed by atoms with van der Waals surface area (Å²) in [7, 11) is 0. The lowest BCUT2D eigenvalue weighted by molar-refractivity contribution is -0.120. The zero-order chi connectivity index (χ0) is 17.4. The van der Waals surface area contributed by atoms with Crippen LogP contribution >= 0.6 is 34.5 Å². The van der Waals surface area contributed by atoms with Crippen LogP contribution in [-0.2, 0) is 16.0 Å². The van der Waals surface area contributed by atoms with Gasteiger partial charge in [-0.3, -0.25) is 4.79 Å². The van der Waals surface area contributed by atoms with E-state index in [4.69, 9.17) is 27.9 Å². The Kier molecular flexibility index (Phi) is 5.34. The van der Waals surface area contributed by atoms with Gasteiger partial charge < -0.3 is 10.1 Å². The molecule has 0 radical (unpaired) electrons. The maximum absolute atomic E-state index is 12.5. The number of amides is 1. The molecule has 1 aliphatic rings. The second kappa shape index (κ2) is 6.61. The normalized spacial score (nSPS) is 21.8. The first-order valence-electron chi connectivity index (χ1n) is 7.66. The van der Waals surface area contributed by atoms with Crippen LogP contribution in [0.4, 0.5) is 5.00 Å². The summed E-state index contributed by atoms with van der Waals surface area (Å²) in [5.74, 6) is -0.664. The van der Waals surface area contributed by atoms with Crippen LogP contribution in [0.3, 0.4) is 0 Å². The van der Waals surface area contributed by atoms with Crippen molar-refractivity contribution < 1.29 is 14.3 Å². The average Bonchev–Trinajstić information content (AvgIpc) is 2.85. The lowest BCUT2D eigenvalue weighted by atomic mass is 10.1. The minimum absolute atomic E-state index is 0.268. The molecule has 0 bridgehead atoms. The molecule has 1 aromatic rings. The quantitative estimate of drug-likeness (QED) is 0.576. The van der Waals surface area contributed by atoms with E-state index in [0.29, 0.717) is 30.0 Å². The maximum atomic E-state index is 12.5. The zero-order valence-electron chi connectivity index (χ0n) is 13.7. The third kappa shape index (κ3) is 3.37. The first-order valence-corrected chi connectivity index (χ1v) is 9.23. The van der Waals surface area contributed by atoms with Crippen molar-refractivity contribution >= 4 is 51.4 Å². The topological polar surface area (TPSA) is 55.4 Å². The molecule has 1 amide bonds. The number of carbonyl (C=O) groups excluding carboxylic acids is 2. The van der Waals surface area contributed by atoms with Gasteiger partial charge in [0.25, 0.3) is 0 Å². The van der Waals surface area contributed by atoms with E-state index in [2.05, 4.69) is 5.32 Å². The molecule has 23 heavy (non-hydrogen) atoms. The number of nitrogens with one attached hydrogen (secondary N) is 1. The fourth-order valence-corrected chi connectivity index (χ4v) is 4.30. The van der Waals surface area contributed by atoms with Crippen molar-refractivity contribution in [3.8, 4) is 0 Å². The van der Waals surface area contributed by atoms with Crippen molar-refractivity contribution in [2.75, 3.05) is 11.9 Å². The number of hydrogen-bond acceptors (Lipinski definition) is 4. The lowest BCUT2D eigenvalue weighted by Crippen LogP contribution is -2.26. The molecule has 1 aromatic heterocycles. The number of alkyl halides is 2. The van der Waals surface area contributed by atoms with Gasteiger partial charge in [-0.05, 0) is 38.7 Å². The fraction of sp³-hybridized carbons (Fsp3) is 0.625. The molecule has 128 valence electrons. The SMILES string of the molecule is CCCOC(=O)c1c(NC(=O)[C@@]2(C)CC2(Cl)Cl)sc(C)c1CC. The number of hydrogen-bond donors (Lipinski definition) is 1. The summed E-state index contributed by atoms with van der Waals surface area (Å²) in [5, 5.41) is 3.35. The van der Waals surface area contributed by atoms with Gasteiger partial charge in [-0.15, -0.1) is 34.5 Å². The van der Waals surface area contributed by atoms with Crippen LogP contribution in [0.1, 0.15) is 54.4 Å². The Morgan fingerprint density at radius 2 is 1.96 bits per heavy atom. The molecule has 4 nitrogen and oxygen atoms in total. The summed E-state index contributed by atoms with van der Waals surface area (Å²) in [6, 6.07) is 0. The Hall–Kier alpha value is -0.780. The standard InChI is InChI=1S/C16H21Cl2NO3S/c1-5-7-22-13(20)11-10(6-2)9(3)23-12(11)19-14(21)15(4)8-16(15,17)18/h5-8H2,1-4H3,(H,19,21)/t15-/m1/s1.